The number of amides is 1. The molecule has 1 aliphatic rings. The predicted molar refractivity (Wildman–Crippen MR) is 64.5 cm³/mol. The minimum absolute atomic E-state index is 0.0332. The molecule has 108 valence electrons. The lowest BCUT2D eigenvalue weighted by atomic mass is 10.2. The topological polar surface area (TPSA) is 93.1 Å². The molecule has 0 unspecified atom stereocenters. The van der Waals surface area contributed by atoms with Gasteiger partial charge in [-0.1, -0.05) is 0 Å². The molecule has 1 N–H and O–H groups in total. The number of carboxylic acids is 1. The highest BCUT2D eigenvalue weighted by Gasteiger charge is 2.42. The minimum atomic E-state index is -1.14. The second-order valence-corrected chi connectivity index (χ2v) is 5.45. The summed E-state index contributed by atoms with van der Waals surface area (Å²) in [6.07, 6.45) is -1.24. The molecule has 1 saturated heterocycles. The molecular formula is C12H19NO6. The lowest BCUT2D eigenvalue weighted by molar-refractivity contribution is -0.146. The number of rotatable bonds is 2. The van der Waals surface area contributed by atoms with Gasteiger partial charge < -0.3 is 14.6 Å². The van der Waals surface area contributed by atoms with Crippen molar-refractivity contribution in [2.75, 3.05) is 6.54 Å². The van der Waals surface area contributed by atoms with Gasteiger partial charge in [-0.25, -0.2) is 9.59 Å². The SMILES string of the molecule is CC(=O)O[C@@H]1C[C@@H](C(=O)O)N(C(=O)OC(C)(C)C)C1. The Morgan fingerprint density at radius 3 is 2.26 bits per heavy atom. The smallest absolute Gasteiger partial charge is 0.411 e. The summed E-state index contributed by atoms with van der Waals surface area (Å²) in [7, 11) is 0. The van der Waals surface area contributed by atoms with Crippen molar-refractivity contribution in [2.45, 2.75) is 51.9 Å². The summed E-state index contributed by atoms with van der Waals surface area (Å²) < 4.78 is 10.1. The molecule has 0 radical (unpaired) electrons. The standard InChI is InChI=1S/C12H19NO6/c1-7(14)18-8-5-9(10(15)16)13(6-8)11(17)19-12(2,3)4/h8-9H,5-6H2,1-4H3,(H,15,16)/t8-,9+/m1/s1. The van der Waals surface area contributed by atoms with Gasteiger partial charge in [-0.15, -0.1) is 0 Å². The number of aliphatic carboxylic acids is 1. The third-order valence-electron chi connectivity index (χ3n) is 2.51. The number of likely N-dealkylation sites (tertiary alicyclic amines) is 1. The van der Waals surface area contributed by atoms with E-state index in [2.05, 4.69) is 0 Å². The van der Waals surface area contributed by atoms with Gasteiger partial charge in [0.1, 0.15) is 17.7 Å². The molecule has 0 aromatic rings. The summed E-state index contributed by atoms with van der Waals surface area (Å²) in [5, 5.41) is 9.09. The van der Waals surface area contributed by atoms with Gasteiger partial charge in [0.25, 0.3) is 0 Å². The van der Waals surface area contributed by atoms with Crippen LogP contribution in [0.2, 0.25) is 0 Å². The zero-order valence-corrected chi connectivity index (χ0v) is 11.5. The number of hydrogen-bond acceptors (Lipinski definition) is 5. The first kappa shape index (κ1) is 15.3. The Kier molecular flexibility index (Phi) is 4.39. The zero-order valence-electron chi connectivity index (χ0n) is 11.5. The summed E-state index contributed by atoms with van der Waals surface area (Å²) in [5.41, 5.74) is -0.709. The average molecular weight is 273 g/mol. The molecule has 0 aromatic heterocycles. The largest absolute Gasteiger partial charge is 0.480 e. The van der Waals surface area contributed by atoms with E-state index >= 15 is 0 Å². The second-order valence-electron chi connectivity index (χ2n) is 5.45. The van der Waals surface area contributed by atoms with Crippen molar-refractivity contribution in [1.29, 1.82) is 0 Å². The summed E-state index contributed by atoms with van der Waals surface area (Å²) in [5.74, 6) is -1.64. The Morgan fingerprint density at radius 1 is 1.26 bits per heavy atom. The fourth-order valence-corrected chi connectivity index (χ4v) is 1.87. The van der Waals surface area contributed by atoms with Crippen LogP contribution in [0.25, 0.3) is 0 Å². The van der Waals surface area contributed by atoms with Crippen molar-refractivity contribution in [3.63, 3.8) is 0 Å². The lowest BCUT2D eigenvalue weighted by Gasteiger charge is -2.26. The molecule has 0 aliphatic carbocycles. The van der Waals surface area contributed by atoms with Gasteiger partial charge in [-0.05, 0) is 20.8 Å². The quantitative estimate of drug-likeness (QED) is 0.755. The van der Waals surface area contributed by atoms with Gasteiger partial charge >= 0.3 is 18.0 Å². The maximum absolute atomic E-state index is 11.9. The summed E-state index contributed by atoms with van der Waals surface area (Å²) in [6, 6.07) is -1.03. The van der Waals surface area contributed by atoms with Crippen molar-refractivity contribution in [3.05, 3.63) is 0 Å². The van der Waals surface area contributed by atoms with Crippen molar-refractivity contribution in [2.24, 2.45) is 0 Å². The first-order chi connectivity index (χ1) is 8.60. The van der Waals surface area contributed by atoms with Crippen LogP contribution in [0, 0.1) is 0 Å². The third kappa shape index (κ3) is 4.42. The van der Waals surface area contributed by atoms with Crippen LogP contribution in [-0.4, -0.2) is 52.3 Å². The highest BCUT2D eigenvalue weighted by atomic mass is 16.6. The van der Waals surface area contributed by atoms with Crippen LogP contribution in [0.4, 0.5) is 4.79 Å². The fourth-order valence-electron chi connectivity index (χ4n) is 1.87. The number of carbonyl (C=O) groups excluding carboxylic acids is 2. The molecule has 0 spiro atoms. The molecule has 1 amide bonds. The van der Waals surface area contributed by atoms with Crippen LogP contribution < -0.4 is 0 Å². The van der Waals surface area contributed by atoms with Gasteiger partial charge in [-0.2, -0.15) is 0 Å². The van der Waals surface area contributed by atoms with E-state index in [0.717, 1.165) is 4.90 Å². The Hall–Kier alpha value is -1.79. The highest BCUT2D eigenvalue weighted by molar-refractivity contribution is 5.81. The summed E-state index contributed by atoms with van der Waals surface area (Å²) >= 11 is 0. The molecule has 1 fully saturated rings. The van der Waals surface area contributed by atoms with E-state index in [-0.39, 0.29) is 13.0 Å². The fraction of sp³-hybridized carbons (Fsp3) is 0.750. The van der Waals surface area contributed by atoms with Crippen molar-refractivity contribution < 1.29 is 29.0 Å². The third-order valence-corrected chi connectivity index (χ3v) is 2.51. The van der Waals surface area contributed by atoms with E-state index in [0.29, 0.717) is 0 Å². The molecular weight excluding hydrogens is 254 g/mol. The number of ether oxygens (including phenoxy) is 2. The van der Waals surface area contributed by atoms with Gasteiger partial charge in [0.2, 0.25) is 0 Å². The van der Waals surface area contributed by atoms with E-state index in [9.17, 15) is 14.4 Å². The Labute approximate surface area is 111 Å². The molecule has 0 aromatic carbocycles. The van der Waals surface area contributed by atoms with Gasteiger partial charge in [0, 0.05) is 13.3 Å². The van der Waals surface area contributed by atoms with Gasteiger partial charge in [0.15, 0.2) is 0 Å². The molecule has 2 atom stereocenters. The van der Waals surface area contributed by atoms with E-state index in [1.165, 1.54) is 6.92 Å². The monoisotopic (exact) mass is 273 g/mol. The minimum Gasteiger partial charge on any atom is -0.480 e. The lowest BCUT2D eigenvalue weighted by Crippen LogP contribution is -2.43. The molecule has 1 heterocycles. The first-order valence-electron chi connectivity index (χ1n) is 6.00. The van der Waals surface area contributed by atoms with Crippen LogP contribution in [0.15, 0.2) is 0 Å². The highest BCUT2D eigenvalue weighted by Crippen LogP contribution is 2.23. The normalized spacial score (nSPS) is 23.1. The maximum Gasteiger partial charge on any atom is 0.411 e. The number of carbonyl (C=O) groups is 3. The van der Waals surface area contributed by atoms with E-state index in [1.54, 1.807) is 20.8 Å². The van der Waals surface area contributed by atoms with Crippen LogP contribution in [0.5, 0.6) is 0 Å². The predicted octanol–water partition coefficient (Wildman–Crippen LogP) is 1.01. The zero-order chi connectivity index (χ0) is 14.8. The number of hydrogen-bond donors (Lipinski definition) is 1. The summed E-state index contributed by atoms with van der Waals surface area (Å²) in [4.78, 5) is 35.0. The molecule has 0 bridgehead atoms. The molecule has 19 heavy (non-hydrogen) atoms. The van der Waals surface area contributed by atoms with E-state index in [4.69, 9.17) is 14.6 Å². The Morgan fingerprint density at radius 2 is 1.84 bits per heavy atom. The number of nitrogens with zero attached hydrogens (tertiary/aromatic N) is 1. The van der Waals surface area contributed by atoms with E-state index in [1.807, 2.05) is 0 Å². The summed E-state index contributed by atoms with van der Waals surface area (Å²) in [6.45, 7) is 6.36. The Balaban J connectivity index is 2.76. The van der Waals surface area contributed by atoms with Crippen molar-refractivity contribution in [3.8, 4) is 0 Å². The van der Waals surface area contributed by atoms with Gasteiger partial charge in [0.05, 0.1) is 6.54 Å². The second kappa shape index (κ2) is 5.46. The maximum atomic E-state index is 11.9. The molecule has 1 aliphatic heterocycles. The molecule has 7 nitrogen and oxygen atoms in total. The van der Waals surface area contributed by atoms with Crippen LogP contribution in [0.3, 0.4) is 0 Å². The Bertz CT molecular complexity index is 386. The number of carboxylic acid groups (broad SMARTS) is 1. The van der Waals surface area contributed by atoms with Crippen LogP contribution in [-0.2, 0) is 19.1 Å². The van der Waals surface area contributed by atoms with Crippen molar-refractivity contribution in [1.82, 2.24) is 4.90 Å². The van der Waals surface area contributed by atoms with Crippen LogP contribution in [0.1, 0.15) is 34.1 Å². The molecule has 7 heteroatoms. The molecule has 1 rings (SSSR count). The van der Waals surface area contributed by atoms with Gasteiger partial charge in [-0.3, -0.25) is 9.69 Å². The van der Waals surface area contributed by atoms with E-state index < -0.39 is 35.8 Å². The first-order valence-corrected chi connectivity index (χ1v) is 6.00. The number of esters is 1. The average Bonchev–Trinajstić information content (AvgIpc) is 2.57. The molecule has 0 saturated carbocycles. The van der Waals surface area contributed by atoms with Crippen LogP contribution >= 0.6 is 0 Å². The van der Waals surface area contributed by atoms with Crippen molar-refractivity contribution >= 4 is 18.0 Å².